The Balaban J connectivity index is 1.66. The van der Waals surface area contributed by atoms with Gasteiger partial charge in [0.25, 0.3) is 0 Å². The number of fused-ring (bicyclic) bond motifs is 1. The zero-order chi connectivity index (χ0) is 20.5. The Kier molecular flexibility index (Phi) is 9.37. The lowest BCUT2D eigenvalue weighted by Crippen LogP contribution is -2.25. The van der Waals surface area contributed by atoms with Crippen molar-refractivity contribution in [2.24, 2.45) is 17.8 Å². The smallest absolute Gasteiger partial charge is 0.306 e. The number of rotatable bonds is 7. The summed E-state index contributed by atoms with van der Waals surface area (Å²) in [6, 6.07) is 10.6. The molecule has 3 rings (SSSR count). The minimum Gasteiger partial charge on any atom is -0.462 e. The van der Waals surface area contributed by atoms with Gasteiger partial charge in [-0.1, -0.05) is 70.5 Å². The SMILES string of the molecule is C[C@@H]1C[C@@H]2OC(=O)CCC/C=C\CC2[C@H]1/C=C/[C@H](CCc1ccccc1)OPP. The molecule has 1 fully saturated rings. The van der Waals surface area contributed by atoms with Crippen molar-refractivity contribution in [1.82, 2.24) is 0 Å². The van der Waals surface area contributed by atoms with Crippen molar-refractivity contribution < 1.29 is 14.1 Å². The van der Waals surface area contributed by atoms with Gasteiger partial charge in [-0.15, -0.1) is 0 Å². The Bertz CT molecular complexity index is 689. The number of esters is 1. The summed E-state index contributed by atoms with van der Waals surface area (Å²) in [5.74, 6) is 1.28. The summed E-state index contributed by atoms with van der Waals surface area (Å²) >= 11 is 0. The largest absolute Gasteiger partial charge is 0.462 e. The molecule has 3 nitrogen and oxygen atoms in total. The van der Waals surface area contributed by atoms with Gasteiger partial charge in [0.05, 0.1) is 6.10 Å². The molecule has 0 spiro atoms. The monoisotopic (exact) mass is 432 g/mol. The fraction of sp³-hybridized carbons (Fsp3) is 0.542. The van der Waals surface area contributed by atoms with Gasteiger partial charge in [0.15, 0.2) is 0 Å². The van der Waals surface area contributed by atoms with Gasteiger partial charge >= 0.3 is 5.97 Å². The predicted molar refractivity (Wildman–Crippen MR) is 125 cm³/mol. The van der Waals surface area contributed by atoms with E-state index in [1.54, 1.807) is 0 Å². The summed E-state index contributed by atoms with van der Waals surface area (Å²) in [7, 11) is 3.09. The van der Waals surface area contributed by atoms with Gasteiger partial charge < -0.3 is 9.26 Å². The second-order valence-electron chi connectivity index (χ2n) is 8.27. The van der Waals surface area contributed by atoms with Crippen molar-refractivity contribution in [2.45, 2.75) is 64.1 Å². The third-order valence-electron chi connectivity index (χ3n) is 6.17. The van der Waals surface area contributed by atoms with Gasteiger partial charge in [0.1, 0.15) is 6.10 Å². The van der Waals surface area contributed by atoms with E-state index in [1.807, 2.05) is 0 Å². The Morgan fingerprint density at radius 1 is 1.31 bits per heavy atom. The average Bonchev–Trinajstić information content (AvgIpc) is 3.01. The van der Waals surface area contributed by atoms with Gasteiger partial charge in [-0.05, 0) is 55.9 Å². The first-order valence-electron chi connectivity index (χ1n) is 10.9. The Morgan fingerprint density at radius 2 is 2.14 bits per heavy atom. The van der Waals surface area contributed by atoms with E-state index in [0.29, 0.717) is 32.7 Å². The third-order valence-corrected chi connectivity index (χ3v) is 7.02. The maximum Gasteiger partial charge on any atom is 0.306 e. The summed E-state index contributed by atoms with van der Waals surface area (Å²) in [6.45, 7) is 2.29. The second kappa shape index (κ2) is 12.0. The van der Waals surface area contributed by atoms with Crippen LogP contribution in [0.4, 0.5) is 0 Å². The minimum atomic E-state index is -0.0274. The number of carbonyl (C=O) groups excluding carboxylic acids is 1. The van der Waals surface area contributed by atoms with Crippen LogP contribution in [0.2, 0.25) is 0 Å². The molecule has 7 atom stereocenters. The predicted octanol–water partition coefficient (Wildman–Crippen LogP) is 6.26. The van der Waals surface area contributed by atoms with E-state index < -0.39 is 0 Å². The Labute approximate surface area is 179 Å². The number of hydrogen-bond donors (Lipinski definition) is 0. The van der Waals surface area contributed by atoms with Gasteiger partial charge in [-0.25, -0.2) is 0 Å². The van der Waals surface area contributed by atoms with Crippen molar-refractivity contribution in [3.63, 3.8) is 0 Å². The van der Waals surface area contributed by atoms with Crippen molar-refractivity contribution >= 4 is 23.4 Å². The van der Waals surface area contributed by atoms with Crippen LogP contribution < -0.4 is 0 Å². The molecule has 158 valence electrons. The highest BCUT2D eigenvalue weighted by Crippen LogP contribution is 2.42. The van der Waals surface area contributed by atoms with E-state index >= 15 is 0 Å². The lowest BCUT2D eigenvalue weighted by Gasteiger charge is -2.24. The highest BCUT2D eigenvalue weighted by molar-refractivity contribution is 8.00. The highest BCUT2D eigenvalue weighted by atomic mass is 32.0. The van der Waals surface area contributed by atoms with Gasteiger partial charge in [-0.3, -0.25) is 4.79 Å². The Hall–Kier alpha value is -1.01. The molecule has 0 N–H and O–H groups in total. The molecule has 0 radical (unpaired) electrons. The Morgan fingerprint density at radius 3 is 2.93 bits per heavy atom. The molecular weight excluding hydrogens is 398 g/mol. The van der Waals surface area contributed by atoms with Crippen molar-refractivity contribution in [3.05, 3.63) is 60.2 Å². The molecule has 1 aromatic carbocycles. The third kappa shape index (κ3) is 7.02. The highest BCUT2D eigenvalue weighted by Gasteiger charge is 2.41. The zero-order valence-corrected chi connectivity index (χ0v) is 19.5. The molecule has 29 heavy (non-hydrogen) atoms. The van der Waals surface area contributed by atoms with Crippen LogP contribution >= 0.6 is 17.4 Å². The van der Waals surface area contributed by atoms with E-state index in [0.717, 1.165) is 38.5 Å². The van der Waals surface area contributed by atoms with E-state index in [4.69, 9.17) is 9.26 Å². The van der Waals surface area contributed by atoms with Crippen LogP contribution in [-0.4, -0.2) is 18.2 Å². The van der Waals surface area contributed by atoms with E-state index in [9.17, 15) is 4.79 Å². The molecule has 5 heteroatoms. The number of aryl methyl sites for hydroxylation is 1. The molecule has 3 unspecified atom stereocenters. The molecule has 0 amide bonds. The molecular formula is C24H34O3P2. The standard InChI is InChI=1S/C24H34O3P2/c1-18-17-23-22(11-7-2-3-8-12-24(25)26-23)21(18)16-15-20(27-29-28)14-13-19-9-5-4-6-10-19/h2,4-7,9-10,15-16,18,20-23,29H,3,8,11-14,17,28H2,1H3/b7-2-,16-15+/t18-,20+,21+,22?,23+/m1/s1. The molecule has 1 aliphatic carbocycles. The van der Waals surface area contributed by atoms with Crippen molar-refractivity contribution in [2.75, 3.05) is 0 Å². The van der Waals surface area contributed by atoms with Crippen LogP contribution in [0.1, 0.15) is 51.0 Å². The first-order valence-corrected chi connectivity index (χ1v) is 13.6. The van der Waals surface area contributed by atoms with Crippen LogP contribution in [0, 0.1) is 17.8 Å². The molecule has 1 heterocycles. The average molecular weight is 432 g/mol. The summed E-state index contributed by atoms with van der Waals surface area (Å²) in [5, 5.41) is 0. The molecule has 2 aliphatic rings. The number of benzene rings is 1. The molecule has 0 bridgehead atoms. The number of allylic oxidation sites excluding steroid dienone is 3. The fourth-order valence-electron chi connectivity index (χ4n) is 4.60. The molecule has 1 aromatic rings. The second-order valence-corrected chi connectivity index (χ2v) is 9.44. The van der Waals surface area contributed by atoms with Crippen LogP contribution in [0.3, 0.4) is 0 Å². The number of carbonyl (C=O) groups is 1. The zero-order valence-electron chi connectivity index (χ0n) is 17.3. The van der Waals surface area contributed by atoms with E-state index in [1.165, 1.54) is 5.56 Å². The van der Waals surface area contributed by atoms with Crippen LogP contribution in [0.25, 0.3) is 0 Å². The number of ether oxygens (including phenoxy) is 1. The van der Waals surface area contributed by atoms with Crippen LogP contribution in [-0.2, 0) is 20.5 Å². The van der Waals surface area contributed by atoms with Crippen LogP contribution in [0.15, 0.2) is 54.6 Å². The first kappa shape index (κ1) is 22.7. The first-order chi connectivity index (χ1) is 14.2. The van der Waals surface area contributed by atoms with Gasteiger partial charge in [-0.2, -0.15) is 0 Å². The topological polar surface area (TPSA) is 35.5 Å². The summed E-state index contributed by atoms with van der Waals surface area (Å²) in [5.41, 5.74) is 1.35. The summed E-state index contributed by atoms with van der Waals surface area (Å²) in [6.07, 6.45) is 15.6. The molecule has 0 aromatic heterocycles. The normalized spacial score (nSPS) is 30.3. The minimum absolute atomic E-state index is 0.0274. The summed E-state index contributed by atoms with van der Waals surface area (Å²) < 4.78 is 11.9. The fourth-order valence-corrected chi connectivity index (χ4v) is 5.49. The van der Waals surface area contributed by atoms with Crippen molar-refractivity contribution in [3.8, 4) is 0 Å². The quantitative estimate of drug-likeness (QED) is 0.290. The maximum absolute atomic E-state index is 12.1. The van der Waals surface area contributed by atoms with E-state index in [2.05, 4.69) is 70.5 Å². The van der Waals surface area contributed by atoms with Crippen LogP contribution in [0.5, 0.6) is 0 Å². The lowest BCUT2D eigenvalue weighted by atomic mass is 9.86. The van der Waals surface area contributed by atoms with Gasteiger partial charge in [0.2, 0.25) is 0 Å². The summed E-state index contributed by atoms with van der Waals surface area (Å²) in [4.78, 5) is 12.1. The van der Waals surface area contributed by atoms with Crippen molar-refractivity contribution in [1.29, 1.82) is 0 Å². The van der Waals surface area contributed by atoms with Gasteiger partial charge in [0, 0.05) is 20.8 Å². The van der Waals surface area contributed by atoms with E-state index in [-0.39, 0.29) is 18.2 Å². The lowest BCUT2D eigenvalue weighted by molar-refractivity contribution is -0.151. The molecule has 0 saturated heterocycles. The number of hydrogen-bond acceptors (Lipinski definition) is 3. The maximum atomic E-state index is 12.1. The molecule has 1 saturated carbocycles. The molecule has 1 aliphatic heterocycles.